The van der Waals surface area contributed by atoms with Gasteiger partial charge in [0.15, 0.2) is 0 Å². The second kappa shape index (κ2) is 10.2. The number of nitrogens with zero attached hydrogens (tertiary/aromatic N) is 3. The third kappa shape index (κ3) is 5.42. The highest BCUT2D eigenvalue weighted by atomic mass is 32.2. The molecule has 0 amide bonds. The van der Waals surface area contributed by atoms with E-state index in [9.17, 15) is 4.39 Å². The third-order valence-electron chi connectivity index (χ3n) is 5.65. The van der Waals surface area contributed by atoms with Crippen molar-refractivity contribution in [1.29, 1.82) is 0 Å². The number of benzene rings is 1. The second-order valence-corrected chi connectivity index (χ2v) is 10.9. The van der Waals surface area contributed by atoms with E-state index in [-0.39, 0.29) is 28.3 Å². The molecule has 0 bridgehead atoms. The van der Waals surface area contributed by atoms with E-state index in [2.05, 4.69) is 19.5 Å². The lowest BCUT2D eigenvalue weighted by Gasteiger charge is -2.32. The number of pyridine rings is 1. The Balaban J connectivity index is 1.45. The molecule has 0 aliphatic carbocycles. The lowest BCUT2D eigenvalue weighted by molar-refractivity contribution is 0.230. The fourth-order valence-electron chi connectivity index (χ4n) is 3.91. The molecule has 2 N–H and O–H groups in total. The van der Waals surface area contributed by atoms with Gasteiger partial charge in [-0.2, -0.15) is 10.5 Å². The number of nitrogens with two attached hydrogens (primary N) is 1. The van der Waals surface area contributed by atoms with Crippen LogP contribution >= 0.6 is 22.6 Å². The van der Waals surface area contributed by atoms with E-state index in [4.69, 9.17) is 10.5 Å². The SMILES string of the molecule is C=S1CCN(SN2CC(c3ccccc3F)CC2COc2cc(CN)ccn2)CC1. The fraction of sp³-hybridized carbons (Fsp3) is 0.455. The molecule has 2 aliphatic heterocycles. The zero-order chi connectivity index (χ0) is 20.9. The van der Waals surface area contributed by atoms with Crippen LogP contribution in [0.25, 0.3) is 0 Å². The molecule has 30 heavy (non-hydrogen) atoms. The summed E-state index contributed by atoms with van der Waals surface area (Å²) >= 11 is 1.79. The summed E-state index contributed by atoms with van der Waals surface area (Å²) in [6.07, 6.45) is 2.59. The minimum atomic E-state index is -0.120. The summed E-state index contributed by atoms with van der Waals surface area (Å²) in [5, 5.41) is 0. The lowest BCUT2D eigenvalue weighted by atomic mass is 9.96. The minimum absolute atomic E-state index is 0.120. The van der Waals surface area contributed by atoms with Gasteiger partial charge in [-0.1, -0.05) is 24.1 Å². The average Bonchev–Trinajstić information content (AvgIpc) is 3.16. The third-order valence-corrected chi connectivity index (χ3v) is 8.42. The maximum Gasteiger partial charge on any atom is 0.213 e. The minimum Gasteiger partial charge on any atom is -0.476 e. The lowest BCUT2D eigenvalue weighted by Crippen LogP contribution is -2.36. The number of hydrogen-bond acceptors (Lipinski definition) is 6. The van der Waals surface area contributed by atoms with Gasteiger partial charge in [-0.05, 0) is 29.7 Å². The quantitative estimate of drug-likeness (QED) is 0.517. The summed E-state index contributed by atoms with van der Waals surface area (Å²) in [7, 11) is 0.290. The summed E-state index contributed by atoms with van der Waals surface area (Å²) in [4.78, 5) is 4.31. The molecule has 0 radical (unpaired) electrons. The first-order valence-electron chi connectivity index (χ1n) is 10.3. The molecule has 2 fully saturated rings. The maximum atomic E-state index is 14.4. The van der Waals surface area contributed by atoms with Crippen LogP contribution in [0.5, 0.6) is 5.88 Å². The first-order chi connectivity index (χ1) is 14.6. The van der Waals surface area contributed by atoms with Gasteiger partial charge in [0.2, 0.25) is 5.88 Å². The van der Waals surface area contributed by atoms with Crippen LogP contribution in [-0.2, 0) is 6.54 Å². The molecule has 5 nitrogen and oxygen atoms in total. The number of ether oxygens (including phenoxy) is 1. The van der Waals surface area contributed by atoms with Gasteiger partial charge >= 0.3 is 0 Å². The monoisotopic (exact) mass is 448 g/mol. The van der Waals surface area contributed by atoms with E-state index in [1.54, 1.807) is 30.5 Å². The number of aromatic nitrogens is 1. The molecule has 8 heteroatoms. The molecule has 3 heterocycles. The fourth-order valence-corrected chi connectivity index (χ4v) is 6.47. The molecule has 2 aliphatic rings. The van der Waals surface area contributed by atoms with Crippen LogP contribution in [0, 0.1) is 5.82 Å². The van der Waals surface area contributed by atoms with Gasteiger partial charge < -0.3 is 10.5 Å². The predicted molar refractivity (Wildman–Crippen MR) is 125 cm³/mol. The standard InChI is InChI=1S/C22H29FN4OS2/c1-30-10-8-26(9-11-30)29-27-15-18(20-4-2-3-5-21(20)23)13-19(27)16-28-22-12-17(14-24)6-7-25-22/h2-7,12,18-19H,1,8-11,13-16,24H2. The summed E-state index contributed by atoms with van der Waals surface area (Å²) < 4.78 is 25.3. The highest BCUT2D eigenvalue weighted by Crippen LogP contribution is 2.38. The zero-order valence-corrected chi connectivity index (χ0v) is 18.7. The van der Waals surface area contributed by atoms with E-state index >= 15 is 0 Å². The molecular formula is C22H29FN4OS2. The first kappa shape index (κ1) is 21.8. The molecule has 4 rings (SSSR count). The molecule has 2 unspecified atom stereocenters. The molecule has 162 valence electrons. The van der Waals surface area contributed by atoms with Crippen LogP contribution in [0.15, 0.2) is 42.6 Å². The number of halogens is 1. The normalized spacial score (nSPS) is 23.7. The van der Waals surface area contributed by atoms with Crippen LogP contribution in [0.4, 0.5) is 4.39 Å². The first-order valence-corrected chi connectivity index (χ1v) is 12.8. The van der Waals surface area contributed by atoms with Crippen molar-refractivity contribution in [3.63, 3.8) is 0 Å². The van der Waals surface area contributed by atoms with Gasteiger partial charge in [-0.15, -0.1) is 0 Å². The van der Waals surface area contributed by atoms with E-state index in [1.165, 1.54) is 0 Å². The average molecular weight is 449 g/mol. The molecule has 1 aromatic carbocycles. The Morgan fingerprint density at radius 3 is 2.83 bits per heavy atom. The predicted octanol–water partition coefficient (Wildman–Crippen LogP) is 3.50. The Bertz CT molecular complexity index is 874. The molecule has 2 aromatic rings. The van der Waals surface area contributed by atoms with Gasteiger partial charge in [-0.25, -0.2) is 18.0 Å². The Morgan fingerprint density at radius 2 is 2.07 bits per heavy atom. The Labute approximate surface area is 185 Å². The molecule has 1 aromatic heterocycles. The van der Waals surface area contributed by atoms with Crippen molar-refractivity contribution >= 4 is 28.5 Å². The van der Waals surface area contributed by atoms with E-state index in [0.717, 1.165) is 48.7 Å². The zero-order valence-electron chi connectivity index (χ0n) is 17.1. The largest absolute Gasteiger partial charge is 0.476 e. The Morgan fingerprint density at radius 1 is 1.27 bits per heavy atom. The van der Waals surface area contributed by atoms with Crippen molar-refractivity contribution in [2.75, 3.05) is 37.7 Å². The summed E-state index contributed by atoms with van der Waals surface area (Å²) in [5.41, 5.74) is 7.53. The Hall–Kier alpha value is -1.45. The molecule has 0 saturated carbocycles. The van der Waals surface area contributed by atoms with Crippen molar-refractivity contribution in [2.24, 2.45) is 5.73 Å². The summed E-state index contributed by atoms with van der Waals surface area (Å²) in [6, 6.07) is 11.1. The summed E-state index contributed by atoms with van der Waals surface area (Å²) in [6.45, 7) is 3.88. The topological polar surface area (TPSA) is 54.6 Å². The maximum absolute atomic E-state index is 14.4. The van der Waals surface area contributed by atoms with E-state index in [0.29, 0.717) is 19.0 Å². The van der Waals surface area contributed by atoms with Gasteiger partial charge in [-0.3, -0.25) is 0 Å². The second-order valence-electron chi connectivity index (χ2n) is 7.76. The van der Waals surface area contributed by atoms with Gasteiger partial charge in [0.05, 0.1) is 6.04 Å². The number of rotatable bonds is 7. The van der Waals surface area contributed by atoms with Crippen LogP contribution in [0.3, 0.4) is 0 Å². The van der Waals surface area contributed by atoms with Crippen LogP contribution in [0.1, 0.15) is 23.5 Å². The van der Waals surface area contributed by atoms with Gasteiger partial charge in [0.25, 0.3) is 0 Å². The van der Waals surface area contributed by atoms with Crippen LogP contribution in [0.2, 0.25) is 0 Å². The van der Waals surface area contributed by atoms with E-state index < -0.39 is 0 Å². The molecule has 0 spiro atoms. The molecule has 2 atom stereocenters. The Kier molecular flexibility index (Phi) is 7.43. The van der Waals surface area contributed by atoms with Crippen LogP contribution < -0.4 is 10.5 Å². The number of hydrogen-bond donors (Lipinski definition) is 1. The van der Waals surface area contributed by atoms with Crippen molar-refractivity contribution in [3.8, 4) is 5.88 Å². The molecular weight excluding hydrogens is 419 g/mol. The summed E-state index contributed by atoms with van der Waals surface area (Å²) in [5.74, 6) is 7.14. The van der Waals surface area contributed by atoms with Gasteiger partial charge in [0, 0.05) is 68.0 Å². The highest BCUT2D eigenvalue weighted by Gasteiger charge is 2.36. The van der Waals surface area contributed by atoms with E-state index in [1.807, 2.05) is 24.3 Å². The molecule has 2 saturated heterocycles. The highest BCUT2D eigenvalue weighted by molar-refractivity contribution is 8.14. The van der Waals surface area contributed by atoms with Gasteiger partial charge in [0.1, 0.15) is 12.4 Å². The van der Waals surface area contributed by atoms with Crippen molar-refractivity contribution in [1.82, 2.24) is 13.6 Å². The van der Waals surface area contributed by atoms with Crippen molar-refractivity contribution in [2.45, 2.75) is 24.9 Å². The van der Waals surface area contributed by atoms with Crippen molar-refractivity contribution < 1.29 is 9.13 Å². The van der Waals surface area contributed by atoms with Crippen molar-refractivity contribution in [3.05, 3.63) is 59.5 Å². The smallest absolute Gasteiger partial charge is 0.213 e. The van der Waals surface area contributed by atoms with Crippen LogP contribution in [-0.4, -0.2) is 63.3 Å².